The highest BCUT2D eigenvalue weighted by atomic mass is 16.5. The van der Waals surface area contributed by atoms with Gasteiger partial charge in [0, 0.05) is 19.1 Å². The third-order valence-corrected chi connectivity index (χ3v) is 3.31. The van der Waals surface area contributed by atoms with Gasteiger partial charge in [0.1, 0.15) is 0 Å². The lowest BCUT2D eigenvalue weighted by Gasteiger charge is -2.37. The van der Waals surface area contributed by atoms with Crippen LogP contribution in [0.1, 0.15) is 34.1 Å². The number of hydrogen-bond donors (Lipinski definition) is 1. The highest BCUT2D eigenvalue weighted by Gasteiger charge is 2.24. The summed E-state index contributed by atoms with van der Waals surface area (Å²) in [6.07, 6.45) is 1.63. The van der Waals surface area contributed by atoms with Gasteiger partial charge < -0.3 is 15.0 Å². The quantitative estimate of drug-likeness (QED) is 0.749. The first-order chi connectivity index (χ1) is 7.63. The third kappa shape index (κ3) is 4.81. The average molecular weight is 228 g/mol. The van der Waals surface area contributed by atoms with E-state index in [4.69, 9.17) is 4.74 Å². The lowest BCUT2D eigenvalue weighted by molar-refractivity contribution is 0.0454. The van der Waals surface area contributed by atoms with E-state index in [9.17, 15) is 0 Å². The molecule has 96 valence electrons. The first-order valence-corrected chi connectivity index (χ1v) is 6.70. The zero-order valence-corrected chi connectivity index (χ0v) is 11.3. The van der Waals surface area contributed by atoms with Crippen molar-refractivity contribution in [2.75, 3.05) is 32.8 Å². The minimum absolute atomic E-state index is 0.358. The summed E-state index contributed by atoms with van der Waals surface area (Å²) in [7, 11) is 0. The molecule has 1 N–H and O–H groups in total. The highest BCUT2D eigenvalue weighted by Crippen LogP contribution is 2.16. The number of piperidine rings is 1. The maximum absolute atomic E-state index is 5.60. The third-order valence-electron chi connectivity index (χ3n) is 3.31. The van der Waals surface area contributed by atoms with Crippen molar-refractivity contribution in [3.63, 3.8) is 0 Å². The molecule has 0 saturated carbocycles. The van der Waals surface area contributed by atoms with Crippen LogP contribution in [0.25, 0.3) is 0 Å². The van der Waals surface area contributed by atoms with Crippen LogP contribution in [0.4, 0.5) is 0 Å². The fourth-order valence-electron chi connectivity index (χ4n) is 2.42. The van der Waals surface area contributed by atoms with Crippen LogP contribution >= 0.6 is 0 Å². The van der Waals surface area contributed by atoms with Crippen LogP contribution in [0.3, 0.4) is 0 Å². The van der Waals surface area contributed by atoms with E-state index in [1.807, 2.05) is 0 Å². The molecule has 0 aromatic heterocycles. The van der Waals surface area contributed by atoms with Crippen molar-refractivity contribution in [1.29, 1.82) is 0 Å². The van der Waals surface area contributed by atoms with Crippen molar-refractivity contribution in [1.82, 2.24) is 10.2 Å². The van der Waals surface area contributed by atoms with Gasteiger partial charge in [-0.1, -0.05) is 13.8 Å². The number of ether oxygens (including phenoxy) is 1. The Hall–Kier alpha value is -0.120. The Labute approximate surface area is 101 Å². The Kier molecular flexibility index (Phi) is 6.32. The van der Waals surface area contributed by atoms with Gasteiger partial charge in [-0.05, 0) is 39.3 Å². The molecule has 1 aliphatic heterocycles. The summed E-state index contributed by atoms with van der Waals surface area (Å²) >= 11 is 0. The van der Waals surface area contributed by atoms with Gasteiger partial charge in [-0.3, -0.25) is 0 Å². The Morgan fingerprint density at radius 1 is 1.44 bits per heavy atom. The van der Waals surface area contributed by atoms with Crippen LogP contribution < -0.4 is 5.32 Å². The molecule has 0 aliphatic carbocycles. The summed E-state index contributed by atoms with van der Waals surface area (Å²) < 4.78 is 5.60. The van der Waals surface area contributed by atoms with Gasteiger partial charge >= 0.3 is 0 Å². The van der Waals surface area contributed by atoms with E-state index in [2.05, 4.69) is 37.9 Å². The maximum atomic E-state index is 5.60. The van der Waals surface area contributed by atoms with E-state index in [-0.39, 0.29) is 0 Å². The number of nitrogens with one attached hydrogen (secondary N) is 1. The summed E-state index contributed by atoms with van der Waals surface area (Å²) in [6.45, 7) is 14.2. The first kappa shape index (κ1) is 13.9. The van der Waals surface area contributed by atoms with E-state index in [0.29, 0.717) is 12.1 Å². The molecule has 0 spiro atoms. The summed E-state index contributed by atoms with van der Waals surface area (Å²) in [5, 5.41) is 3.57. The molecule has 2 atom stereocenters. The molecular weight excluding hydrogens is 200 g/mol. The van der Waals surface area contributed by atoms with Crippen molar-refractivity contribution < 1.29 is 4.74 Å². The van der Waals surface area contributed by atoms with Gasteiger partial charge in [-0.25, -0.2) is 0 Å². The van der Waals surface area contributed by atoms with Crippen LogP contribution in [-0.2, 0) is 4.74 Å². The van der Waals surface area contributed by atoms with Crippen LogP contribution in [0.2, 0.25) is 0 Å². The monoisotopic (exact) mass is 228 g/mol. The van der Waals surface area contributed by atoms with E-state index in [0.717, 1.165) is 25.6 Å². The molecule has 1 heterocycles. The number of nitrogens with zero attached hydrogens (tertiary/aromatic N) is 1. The van der Waals surface area contributed by atoms with Crippen molar-refractivity contribution in [2.45, 2.75) is 46.3 Å². The number of hydrogen-bond acceptors (Lipinski definition) is 3. The second-order valence-electron chi connectivity index (χ2n) is 5.15. The van der Waals surface area contributed by atoms with Crippen molar-refractivity contribution in [3.05, 3.63) is 0 Å². The molecule has 16 heavy (non-hydrogen) atoms. The first-order valence-electron chi connectivity index (χ1n) is 6.70. The number of rotatable bonds is 6. The molecule has 1 aliphatic rings. The maximum Gasteiger partial charge on any atom is 0.0596 e. The lowest BCUT2D eigenvalue weighted by Crippen LogP contribution is -2.49. The van der Waals surface area contributed by atoms with Gasteiger partial charge in [0.05, 0.1) is 12.7 Å². The summed E-state index contributed by atoms with van der Waals surface area (Å²) in [6, 6.07) is 0.715. The Morgan fingerprint density at radius 3 is 2.75 bits per heavy atom. The predicted octanol–water partition coefficient (Wildman–Crippen LogP) is 1.73. The summed E-state index contributed by atoms with van der Waals surface area (Å²) in [5.41, 5.74) is 0. The molecule has 0 radical (unpaired) electrons. The summed E-state index contributed by atoms with van der Waals surface area (Å²) in [4.78, 5) is 2.53. The van der Waals surface area contributed by atoms with Crippen LogP contribution in [-0.4, -0.2) is 49.8 Å². The normalized spacial score (nSPS) is 27.6. The fourth-order valence-corrected chi connectivity index (χ4v) is 2.42. The standard InChI is InChI=1S/C13H28N2O/c1-5-14-13-6-7-15(10-12(13)4)8-9-16-11(2)3/h11-14H,5-10H2,1-4H3. The molecular formula is C13H28N2O. The highest BCUT2D eigenvalue weighted by molar-refractivity contribution is 4.82. The Morgan fingerprint density at radius 2 is 2.19 bits per heavy atom. The molecule has 3 nitrogen and oxygen atoms in total. The molecule has 0 aromatic rings. The molecule has 0 amide bonds. The van der Waals surface area contributed by atoms with Crippen LogP contribution in [0, 0.1) is 5.92 Å². The second kappa shape index (κ2) is 7.25. The van der Waals surface area contributed by atoms with Gasteiger partial charge in [0.25, 0.3) is 0 Å². The molecule has 1 saturated heterocycles. The van der Waals surface area contributed by atoms with Gasteiger partial charge in [-0.15, -0.1) is 0 Å². The molecule has 1 rings (SSSR count). The Balaban J connectivity index is 2.18. The van der Waals surface area contributed by atoms with Crippen molar-refractivity contribution >= 4 is 0 Å². The predicted molar refractivity (Wildman–Crippen MR) is 68.8 cm³/mol. The zero-order valence-electron chi connectivity index (χ0n) is 11.3. The van der Waals surface area contributed by atoms with Gasteiger partial charge in [-0.2, -0.15) is 0 Å². The summed E-state index contributed by atoms with van der Waals surface area (Å²) in [5.74, 6) is 0.757. The molecule has 1 fully saturated rings. The molecule has 0 bridgehead atoms. The van der Waals surface area contributed by atoms with E-state index < -0.39 is 0 Å². The number of likely N-dealkylation sites (tertiary alicyclic amines) is 1. The van der Waals surface area contributed by atoms with E-state index >= 15 is 0 Å². The van der Waals surface area contributed by atoms with Crippen LogP contribution in [0.15, 0.2) is 0 Å². The second-order valence-corrected chi connectivity index (χ2v) is 5.15. The lowest BCUT2D eigenvalue weighted by atomic mass is 9.94. The van der Waals surface area contributed by atoms with E-state index in [1.54, 1.807) is 0 Å². The average Bonchev–Trinajstić information content (AvgIpc) is 2.21. The molecule has 2 unspecified atom stereocenters. The zero-order chi connectivity index (χ0) is 12.0. The SMILES string of the molecule is CCNC1CCN(CCOC(C)C)CC1C. The smallest absolute Gasteiger partial charge is 0.0596 e. The fraction of sp³-hybridized carbons (Fsp3) is 1.00. The topological polar surface area (TPSA) is 24.5 Å². The minimum atomic E-state index is 0.358. The largest absolute Gasteiger partial charge is 0.377 e. The van der Waals surface area contributed by atoms with Crippen molar-refractivity contribution in [3.8, 4) is 0 Å². The van der Waals surface area contributed by atoms with Crippen molar-refractivity contribution in [2.24, 2.45) is 5.92 Å². The van der Waals surface area contributed by atoms with Gasteiger partial charge in [0.15, 0.2) is 0 Å². The van der Waals surface area contributed by atoms with Gasteiger partial charge in [0.2, 0.25) is 0 Å². The van der Waals surface area contributed by atoms with E-state index in [1.165, 1.54) is 19.5 Å². The molecule has 0 aromatic carbocycles. The Bertz CT molecular complexity index is 185. The van der Waals surface area contributed by atoms with Crippen LogP contribution in [0.5, 0.6) is 0 Å². The molecule has 3 heteroatoms. The minimum Gasteiger partial charge on any atom is -0.377 e.